The van der Waals surface area contributed by atoms with Crippen LogP contribution in [-0.4, -0.2) is 21.5 Å². The maximum Gasteiger partial charge on any atom is 0.262 e. The molecule has 1 aromatic heterocycles. The van der Waals surface area contributed by atoms with Gasteiger partial charge in [-0.05, 0) is 62.3 Å². The van der Waals surface area contributed by atoms with E-state index in [1.807, 2.05) is 38.1 Å². The van der Waals surface area contributed by atoms with Gasteiger partial charge in [0.1, 0.15) is 0 Å². The number of rotatable bonds is 5. The van der Waals surface area contributed by atoms with Crippen LogP contribution in [0.1, 0.15) is 29.8 Å². The second-order valence-electron chi connectivity index (χ2n) is 6.41. The second kappa shape index (κ2) is 8.06. The summed E-state index contributed by atoms with van der Waals surface area (Å²) in [6.07, 6.45) is 0.628. The van der Waals surface area contributed by atoms with Gasteiger partial charge in [-0.3, -0.25) is 14.2 Å². The van der Waals surface area contributed by atoms with Crippen molar-refractivity contribution in [2.75, 3.05) is 0 Å². The summed E-state index contributed by atoms with van der Waals surface area (Å²) in [4.78, 5) is 28.1. The number of carbonyl (C=O) groups excluding carboxylic acids is 1. The number of hydrogen-bond acceptors (Lipinski definition) is 3. The van der Waals surface area contributed by atoms with E-state index in [1.54, 1.807) is 18.2 Å². The number of hydrogen-bond donors (Lipinski definition) is 2. The molecule has 140 valence electrons. The molecule has 1 heterocycles. The van der Waals surface area contributed by atoms with E-state index in [0.29, 0.717) is 39.2 Å². The van der Waals surface area contributed by atoms with Crippen LogP contribution in [0.25, 0.3) is 10.9 Å². The minimum atomic E-state index is -0.213. The molecule has 27 heavy (non-hydrogen) atoms. The smallest absolute Gasteiger partial charge is 0.262 e. The molecular weight excluding hydrogens is 382 g/mol. The van der Waals surface area contributed by atoms with Gasteiger partial charge in [0.15, 0.2) is 4.77 Å². The van der Waals surface area contributed by atoms with Crippen LogP contribution in [0.15, 0.2) is 47.3 Å². The summed E-state index contributed by atoms with van der Waals surface area (Å²) in [6.45, 7) is 4.28. The van der Waals surface area contributed by atoms with Gasteiger partial charge in [0.25, 0.3) is 11.5 Å². The zero-order valence-electron chi connectivity index (χ0n) is 15.1. The number of aromatic nitrogens is 2. The first-order valence-electron chi connectivity index (χ1n) is 8.72. The molecule has 0 aliphatic carbocycles. The van der Waals surface area contributed by atoms with Gasteiger partial charge in [0.05, 0.1) is 10.9 Å². The molecule has 0 spiro atoms. The molecule has 0 radical (unpaired) electrons. The normalized spacial score (nSPS) is 12.1. The number of carbonyl (C=O) groups is 1. The lowest BCUT2D eigenvalue weighted by molar-refractivity contribution is 0.0940. The van der Waals surface area contributed by atoms with Crippen LogP contribution in [0.5, 0.6) is 0 Å². The first kappa shape index (κ1) is 19.3. The highest BCUT2D eigenvalue weighted by Crippen LogP contribution is 2.17. The van der Waals surface area contributed by atoms with Gasteiger partial charge in [0.2, 0.25) is 0 Å². The molecule has 0 fully saturated rings. The average molecular weight is 402 g/mol. The summed E-state index contributed by atoms with van der Waals surface area (Å²) in [5.74, 6) is -0.213. The molecule has 0 aliphatic rings. The summed E-state index contributed by atoms with van der Waals surface area (Å²) < 4.78 is 1.84. The van der Waals surface area contributed by atoms with Crippen LogP contribution in [0.3, 0.4) is 0 Å². The fourth-order valence-electron chi connectivity index (χ4n) is 3.03. The SMILES string of the molecule is CCn1c(=S)[nH]c2cc(C(=O)N[C@H](C)Cc3ccccc3Cl)ccc2c1=O. The molecule has 1 atom stereocenters. The molecule has 3 aromatic rings. The third-order valence-corrected chi connectivity index (χ3v) is 5.11. The van der Waals surface area contributed by atoms with E-state index in [2.05, 4.69) is 10.3 Å². The van der Waals surface area contributed by atoms with E-state index in [9.17, 15) is 9.59 Å². The maximum atomic E-state index is 12.6. The molecule has 0 unspecified atom stereocenters. The first-order valence-corrected chi connectivity index (χ1v) is 9.50. The number of amides is 1. The van der Waals surface area contributed by atoms with Crippen LogP contribution in [0.4, 0.5) is 0 Å². The van der Waals surface area contributed by atoms with E-state index < -0.39 is 0 Å². The monoisotopic (exact) mass is 401 g/mol. The Bertz CT molecular complexity index is 1120. The zero-order valence-corrected chi connectivity index (χ0v) is 16.7. The van der Waals surface area contributed by atoms with Crippen LogP contribution >= 0.6 is 23.8 Å². The van der Waals surface area contributed by atoms with Crippen LogP contribution in [0.2, 0.25) is 5.02 Å². The predicted octanol–water partition coefficient (Wildman–Crippen LogP) is 4.09. The molecule has 0 bridgehead atoms. The fraction of sp³-hybridized carbons (Fsp3) is 0.250. The Hall–Kier alpha value is -2.44. The summed E-state index contributed by atoms with van der Waals surface area (Å²) in [6, 6.07) is 12.4. The van der Waals surface area contributed by atoms with Crippen molar-refractivity contribution >= 4 is 40.6 Å². The summed E-state index contributed by atoms with van der Waals surface area (Å²) in [7, 11) is 0. The molecule has 5 nitrogen and oxygen atoms in total. The van der Waals surface area contributed by atoms with Crippen LogP contribution in [-0.2, 0) is 13.0 Å². The van der Waals surface area contributed by atoms with E-state index in [-0.39, 0.29) is 17.5 Å². The molecule has 2 aromatic carbocycles. The minimum absolute atomic E-state index is 0.0975. The number of halogens is 1. The van der Waals surface area contributed by atoms with Crippen LogP contribution in [0, 0.1) is 4.77 Å². The first-order chi connectivity index (χ1) is 12.9. The highest BCUT2D eigenvalue weighted by atomic mass is 35.5. The molecule has 1 amide bonds. The predicted molar refractivity (Wildman–Crippen MR) is 111 cm³/mol. The Labute approximate surface area is 167 Å². The minimum Gasteiger partial charge on any atom is -0.349 e. The maximum absolute atomic E-state index is 12.6. The number of nitrogens with one attached hydrogen (secondary N) is 2. The summed E-state index contributed by atoms with van der Waals surface area (Å²) >= 11 is 11.4. The van der Waals surface area contributed by atoms with Gasteiger partial charge >= 0.3 is 0 Å². The molecule has 7 heteroatoms. The number of H-pyrrole nitrogens is 1. The Balaban J connectivity index is 1.82. The number of fused-ring (bicyclic) bond motifs is 1. The van der Waals surface area contributed by atoms with Crippen molar-refractivity contribution in [1.29, 1.82) is 0 Å². The quantitative estimate of drug-likeness (QED) is 0.632. The van der Waals surface area contributed by atoms with Crippen molar-refractivity contribution in [1.82, 2.24) is 14.9 Å². The van der Waals surface area contributed by atoms with E-state index in [1.165, 1.54) is 4.57 Å². The summed E-state index contributed by atoms with van der Waals surface area (Å²) in [5.41, 5.74) is 1.85. The Kier molecular flexibility index (Phi) is 5.77. The highest BCUT2D eigenvalue weighted by molar-refractivity contribution is 7.71. The Morgan fingerprint density at radius 1 is 1.30 bits per heavy atom. The van der Waals surface area contributed by atoms with Crippen molar-refractivity contribution in [2.24, 2.45) is 0 Å². The lowest BCUT2D eigenvalue weighted by Crippen LogP contribution is -2.34. The van der Waals surface area contributed by atoms with Gasteiger partial charge in [-0.25, -0.2) is 0 Å². The van der Waals surface area contributed by atoms with E-state index >= 15 is 0 Å². The van der Waals surface area contributed by atoms with Gasteiger partial charge in [-0.2, -0.15) is 0 Å². The lowest BCUT2D eigenvalue weighted by atomic mass is 10.1. The second-order valence-corrected chi connectivity index (χ2v) is 7.20. The molecule has 0 aliphatic heterocycles. The topological polar surface area (TPSA) is 66.9 Å². The van der Waals surface area contributed by atoms with Crippen molar-refractivity contribution < 1.29 is 4.79 Å². The fourth-order valence-corrected chi connectivity index (χ4v) is 3.57. The molecule has 0 saturated carbocycles. The Morgan fingerprint density at radius 2 is 2.04 bits per heavy atom. The lowest BCUT2D eigenvalue weighted by Gasteiger charge is -2.15. The highest BCUT2D eigenvalue weighted by Gasteiger charge is 2.13. The number of benzene rings is 2. The van der Waals surface area contributed by atoms with Crippen molar-refractivity contribution in [2.45, 2.75) is 32.9 Å². The van der Waals surface area contributed by atoms with E-state index in [0.717, 1.165) is 5.56 Å². The number of aromatic amines is 1. The van der Waals surface area contributed by atoms with Gasteiger partial charge in [-0.15, -0.1) is 0 Å². The molecule has 0 saturated heterocycles. The standard InChI is InChI=1S/C20H20ClN3O2S/c1-3-24-19(26)15-9-8-14(11-17(15)23-20(24)27)18(25)22-12(2)10-13-6-4-5-7-16(13)21/h4-9,11-12H,3,10H2,1-2H3,(H,22,25)(H,23,27)/t12-/m1/s1. The Morgan fingerprint density at radius 3 is 2.74 bits per heavy atom. The van der Waals surface area contributed by atoms with Gasteiger partial charge < -0.3 is 10.3 Å². The largest absolute Gasteiger partial charge is 0.349 e. The molecular formula is C20H20ClN3O2S. The number of nitrogens with zero attached hydrogens (tertiary/aromatic N) is 1. The van der Waals surface area contributed by atoms with Gasteiger partial charge in [0, 0.05) is 23.2 Å². The van der Waals surface area contributed by atoms with E-state index in [4.69, 9.17) is 23.8 Å². The molecule has 3 rings (SSSR count). The average Bonchev–Trinajstić information content (AvgIpc) is 2.63. The van der Waals surface area contributed by atoms with Gasteiger partial charge in [-0.1, -0.05) is 29.8 Å². The summed E-state index contributed by atoms with van der Waals surface area (Å²) in [5, 5.41) is 4.16. The third-order valence-electron chi connectivity index (χ3n) is 4.42. The molecule has 2 N–H and O–H groups in total. The van der Waals surface area contributed by atoms with Crippen LogP contribution < -0.4 is 10.9 Å². The van der Waals surface area contributed by atoms with Crippen molar-refractivity contribution in [3.63, 3.8) is 0 Å². The third kappa shape index (κ3) is 4.12. The zero-order chi connectivity index (χ0) is 19.6. The van der Waals surface area contributed by atoms with Crippen molar-refractivity contribution in [3.05, 3.63) is 73.7 Å². The van der Waals surface area contributed by atoms with Crippen molar-refractivity contribution in [3.8, 4) is 0 Å².